The fourth-order valence-electron chi connectivity index (χ4n) is 1.57. The standard InChI is InChI=1S/C13H19ClN2S/c1-10(11-5-6-12(14)17-11)16-8-4-7-13(2,3)9-15/h5-6,10,16H,4,7-8H2,1-3H3. The maximum Gasteiger partial charge on any atom is 0.0931 e. The summed E-state index contributed by atoms with van der Waals surface area (Å²) < 4.78 is 0.833. The second-order valence-electron chi connectivity index (χ2n) is 4.92. The lowest BCUT2D eigenvalue weighted by molar-refractivity contribution is 0.418. The van der Waals surface area contributed by atoms with Crippen LogP contribution in [0.25, 0.3) is 0 Å². The van der Waals surface area contributed by atoms with Gasteiger partial charge in [-0.15, -0.1) is 11.3 Å². The second kappa shape index (κ2) is 6.39. The molecule has 1 rings (SSSR count). The number of rotatable bonds is 6. The van der Waals surface area contributed by atoms with Gasteiger partial charge in [0.1, 0.15) is 0 Å². The SMILES string of the molecule is CC(NCCCC(C)(C)C#N)c1ccc(Cl)s1. The molecule has 0 amide bonds. The minimum atomic E-state index is -0.211. The molecule has 0 spiro atoms. The lowest BCUT2D eigenvalue weighted by Gasteiger charge is -2.16. The van der Waals surface area contributed by atoms with E-state index in [1.165, 1.54) is 4.88 Å². The summed E-state index contributed by atoms with van der Waals surface area (Å²) in [6.07, 6.45) is 1.94. The first-order valence-corrected chi connectivity index (χ1v) is 7.04. The highest BCUT2D eigenvalue weighted by atomic mass is 35.5. The van der Waals surface area contributed by atoms with Gasteiger partial charge in [-0.25, -0.2) is 0 Å². The van der Waals surface area contributed by atoms with Crippen LogP contribution in [-0.2, 0) is 0 Å². The monoisotopic (exact) mass is 270 g/mol. The van der Waals surface area contributed by atoms with E-state index < -0.39 is 0 Å². The summed E-state index contributed by atoms with van der Waals surface area (Å²) in [5.41, 5.74) is -0.211. The van der Waals surface area contributed by atoms with Crippen LogP contribution in [-0.4, -0.2) is 6.54 Å². The van der Waals surface area contributed by atoms with Gasteiger partial charge >= 0.3 is 0 Å². The van der Waals surface area contributed by atoms with Crippen LogP contribution in [0.5, 0.6) is 0 Å². The molecule has 0 aromatic carbocycles. The van der Waals surface area contributed by atoms with Crippen LogP contribution in [0.2, 0.25) is 4.34 Å². The van der Waals surface area contributed by atoms with E-state index in [1.54, 1.807) is 11.3 Å². The first-order valence-electron chi connectivity index (χ1n) is 5.84. The van der Waals surface area contributed by atoms with E-state index in [4.69, 9.17) is 16.9 Å². The Morgan fingerprint density at radius 1 is 1.53 bits per heavy atom. The molecule has 1 atom stereocenters. The Kier molecular flexibility index (Phi) is 5.45. The summed E-state index contributed by atoms with van der Waals surface area (Å²) in [4.78, 5) is 1.26. The Bertz CT molecular complexity index is 392. The molecule has 4 heteroatoms. The average Bonchev–Trinajstić information content (AvgIpc) is 2.71. The zero-order chi connectivity index (χ0) is 12.9. The van der Waals surface area contributed by atoms with Crippen molar-refractivity contribution in [3.05, 3.63) is 21.3 Å². The van der Waals surface area contributed by atoms with Gasteiger partial charge in [0.25, 0.3) is 0 Å². The number of hydrogen-bond donors (Lipinski definition) is 1. The highest BCUT2D eigenvalue weighted by Gasteiger charge is 2.15. The van der Waals surface area contributed by atoms with Crippen molar-refractivity contribution < 1.29 is 0 Å². The molecule has 0 saturated carbocycles. The van der Waals surface area contributed by atoms with Crippen LogP contribution in [0, 0.1) is 16.7 Å². The molecule has 0 aliphatic rings. The quantitative estimate of drug-likeness (QED) is 0.779. The molecular weight excluding hydrogens is 252 g/mol. The Morgan fingerprint density at radius 2 is 2.24 bits per heavy atom. The molecule has 1 unspecified atom stereocenters. The second-order valence-corrected chi connectivity index (χ2v) is 6.66. The van der Waals surface area contributed by atoms with Crippen LogP contribution >= 0.6 is 22.9 Å². The van der Waals surface area contributed by atoms with Crippen LogP contribution in [0.15, 0.2) is 12.1 Å². The van der Waals surface area contributed by atoms with Gasteiger partial charge < -0.3 is 5.32 Å². The normalized spacial score (nSPS) is 13.4. The summed E-state index contributed by atoms with van der Waals surface area (Å²) in [6, 6.07) is 6.64. The number of thiophene rings is 1. The minimum Gasteiger partial charge on any atom is -0.309 e. The first-order chi connectivity index (χ1) is 7.94. The van der Waals surface area contributed by atoms with Crippen molar-refractivity contribution in [3.8, 4) is 6.07 Å². The molecule has 0 aliphatic carbocycles. The molecule has 0 fully saturated rings. The maximum absolute atomic E-state index is 8.90. The van der Waals surface area contributed by atoms with Gasteiger partial charge in [-0.1, -0.05) is 11.6 Å². The molecule has 1 aromatic rings. The van der Waals surface area contributed by atoms with E-state index in [0.717, 1.165) is 23.7 Å². The third kappa shape index (κ3) is 5.08. The third-order valence-corrected chi connectivity index (χ3v) is 4.17. The Morgan fingerprint density at radius 3 is 2.76 bits per heavy atom. The molecule has 0 bridgehead atoms. The fraction of sp³-hybridized carbons (Fsp3) is 0.615. The van der Waals surface area contributed by atoms with Gasteiger partial charge in [0, 0.05) is 10.9 Å². The molecular formula is C13H19ClN2S. The van der Waals surface area contributed by atoms with Gasteiger partial charge in [0.2, 0.25) is 0 Å². The highest BCUT2D eigenvalue weighted by Crippen LogP contribution is 2.26. The summed E-state index contributed by atoms with van der Waals surface area (Å²) in [6.45, 7) is 7.03. The summed E-state index contributed by atoms with van der Waals surface area (Å²) in [5, 5.41) is 12.4. The smallest absolute Gasteiger partial charge is 0.0931 e. The average molecular weight is 271 g/mol. The van der Waals surface area contributed by atoms with Gasteiger partial charge in [-0.2, -0.15) is 5.26 Å². The predicted molar refractivity (Wildman–Crippen MR) is 74.4 cm³/mol. The van der Waals surface area contributed by atoms with Crippen molar-refractivity contribution in [3.63, 3.8) is 0 Å². The van der Waals surface area contributed by atoms with Crippen LogP contribution < -0.4 is 5.32 Å². The number of nitrogens with one attached hydrogen (secondary N) is 1. The predicted octanol–water partition coefficient (Wildman–Crippen LogP) is 4.38. The third-order valence-electron chi connectivity index (χ3n) is 2.75. The summed E-state index contributed by atoms with van der Waals surface area (Å²) >= 11 is 7.51. The Balaban J connectivity index is 2.26. The molecule has 0 radical (unpaired) electrons. The highest BCUT2D eigenvalue weighted by molar-refractivity contribution is 7.16. The van der Waals surface area contributed by atoms with Crippen molar-refractivity contribution >= 4 is 22.9 Å². The lowest BCUT2D eigenvalue weighted by atomic mass is 9.90. The topological polar surface area (TPSA) is 35.8 Å². The largest absolute Gasteiger partial charge is 0.309 e. The van der Waals surface area contributed by atoms with E-state index in [1.807, 2.05) is 19.9 Å². The lowest BCUT2D eigenvalue weighted by Crippen LogP contribution is -2.20. The fourth-order valence-corrected chi connectivity index (χ4v) is 2.65. The van der Waals surface area contributed by atoms with Crippen molar-refractivity contribution in [2.75, 3.05) is 6.54 Å². The van der Waals surface area contributed by atoms with E-state index >= 15 is 0 Å². The van der Waals surface area contributed by atoms with Crippen LogP contribution in [0.4, 0.5) is 0 Å². The van der Waals surface area contributed by atoms with E-state index in [0.29, 0.717) is 6.04 Å². The molecule has 0 aliphatic heterocycles. The van der Waals surface area contributed by atoms with Gasteiger partial charge in [-0.05, 0) is 52.3 Å². The van der Waals surface area contributed by atoms with E-state index in [9.17, 15) is 0 Å². The Hall–Kier alpha value is -0.560. The van der Waals surface area contributed by atoms with Crippen molar-refractivity contribution in [2.45, 2.75) is 39.7 Å². The summed E-state index contributed by atoms with van der Waals surface area (Å²) in [7, 11) is 0. The van der Waals surface area contributed by atoms with Crippen LogP contribution in [0.1, 0.15) is 44.5 Å². The molecule has 1 heterocycles. The van der Waals surface area contributed by atoms with Gasteiger partial charge in [-0.3, -0.25) is 0 Å². The zero-order valence-electron chi connectivity index (χ0n) is 10.6. The number of hydrogen-bond acceptors (Lipinski definition) is 3. The van der Waals surface area contributed by atoms with E-state index in [2.05, 4.69) is 24.4 Å². The summed E-state index contributed by atoms with van der Waals surface area (Å²) in [5.74, 6) is 0. The number of halogens is 1. The van der Waals surface area contributed by atoms with Crippen LogP contribution in [0.3, 0.4) is 0 Å². The zero-order valence-corrected chi connectivity index (χ0v) is 12.2. The first kappa shape index (κ1) is 14.5. The molecule has 0 saturated heterocycles. The maximum atomic E-state index is 8.90. The Labute approximate surface area is 113 Å². The van der Waals surface area contributed by atoms with Gasteiger partial charge in [0.05, 0.1) is 15.8 Å². The molecule has 2 nitrogen and oxygen atoms in total. The molecule has 1 N–H and O–H groups in total. The van der Waals surface area contributed by atoms with Crippen molar-refractivity contribution in [2.24, 2.45) is 5.41 Å². The van der Waals surface area contributed by atoms with Crippen molar-refractivity contribution in [1.29, 1.82) is 5.26 Å². The van der Waals surface area contributed by atoms with Gasteiger partial charge in [0.15, 0.2) is 0 Å². The molecule has 94 valence electrons. The molecule has 17 heavy (non-hydrogen) atoms. The molecule has 1 aromatic heterocycles. The number of nitrogens with zero attached hydrogens (tertiary/aromatic N) is 1. The van der Waals surface area contributed by atoms with Crippen molar-refractivity contribution in [1.82, 2.24) is 5.32 Å². The van der Waals surface area contributed by atoms with E-state index in [-0.39, 0.29) is 5.41 Å². The number of nitriles is 1. The minimum absolute atomic E-state index is 0.211.